The lowest BCUT2D eigenvalue weighted by Gasteiger charge is -2.59. The standard InChI is InChI=1S/C41H44N4O11S/c1-18-10-22-11-24-25(14-42)45-26-15-53-40(50)41(23-13-28(51-4)27(48)12-21(23)6-7-44(41)8-9-46)16-57-39(33(45)32(43-24)29(22)34(49)35(18)52-5)31-30(26)38-37(54-17-55-38)19(2)36(31)56-20(3)47/h10,12-13,24-26,32-33,39,43,46,48-49H,6-9,11,15-17H2,1-5H3/t24-,25-,26-,32+,33+,39+,41+/m0/s1. The van der Waals surface area contributed by atoms with Crippen LogP contribution in [0.5, 0.6) is 40.2 Å². The maximum atomic E-state index is 15.1. The number of aromatic hydroxyl groups is 2. The molecule has 2 fully saturated rings. The highest BCUT2D eigenvalue weighted by atomic mass is 32.2. The van der Waals surface area contributed by atoms with E-state index in [-0.39, 0.29) is 55.6 Å². The highest BCUT2D eigenvalue weighted by Gasteiger charge is 2.61. The maximum absolute atomic E-state index is 15.1. The summed E-state index contributed by atoms with van der Waals surface area (Å²) < 4.78 is 36.2. The molecule has 7 atom stereocenters. The topological polar surface area (TPSA) is 193 Å². The molecule has 7 aliphatic heterocycles. The molecule has 15 nitrogen and oxygen atoms in total. The molecular weight excluding hydrogens is 757 g/mol. The number of hydrogen-bond acceptors (Lipinski definition) is 16. The Bertz CT molecular complexity index is 2260. The van der Waals surface area contributed by atoms with Gasteiger partial charge in [-0.25, -0.2) is 4.79 Å². The number of nitrogens with zero attached hydrogens (tertiary/aromatic N) is 3. The van der Waals surface area contributed by atoms with Crippen molar-refractivity contribution in [3.63, 3.8) is 0 Å². The number of esters is 2. The molecule has 0 saturated carbocycles. The van der Waals surface area contributed by atoms with Gasteiger partial charge in [-0.15, -0.1) is 11.8 Å². The number of fused-ring (bicyclic) bond motifs is 9. The van der Waals surface area contributed by atoms with Crippen LogP contribution in [0.1, 0.15) is 68.8 Å². The number of aliphatic hydroxyl groups is 1. The Morgan fingerprint density at radius 2 is 1.86 bits per heavy atom. The Hall–Kier alpha value is -4.92. The van der Waals surface area contributed by atoms with Gasteiger partial charge in [0, 0.05) is 60.1 Å². The van der Waals surface area contributed by atoms with E-state index in [2.05, 4.69) is 16.3 Å². The summed E-state index contributed by atoms with van der Waals surface area (Å²) in [6, 6.07) is 4.81. The number of phenolic OH excluding ortho intramolecular Hbond substituents is 2. The number of nitriles is 1. The van der Waals surface area contributed by atoms with E-state index in [1.54, 1.807) is 12.1 Å². The molecule has 2 saturated heterocycles. The Labute approximate surface area is 333 Å². The van der Waals surface area contributed by atoms with E-state index in [1.807, 2.05) is 24.8 Å². The van der Waals surface area contributed by atoms with Crippen LogP contribution in [0.2, 0.25) is 0 Å². The van der Waals surface area contributed by atoms with Crippen molar-refractivity contribution in [2.75, 3.05) is 53.1 Å². The lowest BCUT2D eigenvalue weighted by molar-refractivity contribution is -0.163. The maximum Gasteiger partial charge on any atom is 0.332 e. The van der Waals surface area contributed by atoms with Crippen LogP contribution in [0.4, 0.5) is 0 Å². The lowest BCUT2D eigenvalue weighted by Crippen LogP contribution is -2.69. The lowest BCUT2D eigenvalue weighted by atomic mass is 9.72. The molecule has 3 aromatic rings. The van der Waals surface area contributed by atoms with Crippen molar-refractivity contribution in [2.24, 2.45) is 0 Å². The van der Waals surface area contributed by atoms with Gasteiger partial charge in [0.05, 0.1) is 44.2 Å². The van der Waals surface area contributed by atoms with Gasteiger partial charge in [-0.05, 0) is 61.1 Å². The van der Waals surface area contributed by atoms with Gasteiger partial charge in [0.15, 0.2) is 40.0 Å². The molecule has 300 valence electrons. The van der Waals surface area contributed by atoms with Gasteiger partial charge in [-0.2, -0.15) is 5.26 Å². The molecule has 0 unspecified atom stereocenters. The largest absolute Gasteiger partial charge is 0.504 e. The third-order valence-corrected chi connectivity index (χ3v) is 14.1. The summed E-state index contributed by atoms with van der Waals surface area (Å²) in [6.07, 6.45) is 0.934. The van der Waals surface area contributed by atoms with E-state index in [9.17, 15) is 25.4 Å². The quantitative estimate of drug-likeness (QED) is 0.217. The third kappa shape index (κ3) is 5.32. The number of aliphatic hydroxyl groups excluding tert-OH is 1. The van der Waals surface area contributed by atoms with Gasteiger partial charge >= 0.3 is 11.9 Å². The monoisotopic (exact) mass is 800 g/mol. The number of methoxy groups -OCH3 is 2. The summed E-state index contributed by atoms with van der Waals surface area (Å²) in [7, 11) is 2.96. The summed E-state index contributed by atoms with van der Waals surface area (Å²) in [4.78, 5) is 32.1. The fourth-order valence-corrected chi connectivity index (χ4v) is 12.2. The van der Waals surface area contributed by atoms with Gasteiger partial charge in [0.25, 0.3) is 0 Å². The van der Waals surface area contributed by atoms with Crippen molar-refractivity contribution < 1.29 is 53.3 Å². The Morgan fingerprint density at radius 1 is 1.07 bits per heavy atom. The molecule has 0 aliphatic carbocycles. The van der Waals surface area contributed by atoms with E-state index in [0.29, 0.717) is 70.2 Å². The molecular formula is C41H44N4O11S. The van der Waals surface area contributed by atoms with Crippen LogP contribution in [0.3, 0.4) is 0 Å². The van der Waals surface area contributed by atoms with Crippen LogP contribution < -0.4 is 29.0 Å². The number of hydrogen-bond donors (Lipinski definition) is 4. The minimum absolute atomic E-state index is 0.00389. The van der Waals surface area contributed by atoms with Gasteiger partial charge in [0.2, 0.25) is 6.79 Å². The third-order valence-electron chi connectivity index (χ3n) is 12.6. The molecule has 10 rings (SSSR count). The molecule has 3 aromatic carbocycles. The number of benzene rings is 3. The summed E-state index contributed by atoms with van der Waals surface area (Å²) in [6.45, 7) is 5.01. The summed E-state index contributed by atoms with van der Waals surface area (Å²) >= 11 is 1.43. The van der Waals surface area contributed by atoms with Crippen molar-refractivity contribution in [1.29, 1.82) is 5.26 Å². The highest BCUT2D eigenvalue weighted by molar-refractivity contribution is 7.99. The van der Waals surface area contributed by atoms with Crippen LogP contribution in [0.15, 0.2) is 18.2 Å². The zero-order valence-electron chi connectivity index (χ0n) is 32.2. The number of β-amino-alcohol motifs (C(OH)–C–C–N with tert-alkyl or cyclic N) is 1. The number of thioether (sulfide) groups is 1. The highest BCUT2D eigenvalue weighted by Crippen LogP contribution is 2.63. The van der Waals surface area contributed by atoms with Crippen molar-refractivity contribution in [1.82, 2.24) is 15.1 Å². The predicted molar refractivity (Wildman–Crippen MR) is 204 cm³/mol. The van der Waals surface area contributed by atoms with E-state index in [0.717, 1.165) is 16.7 Å². The van der Waals surface area contributed by atoms with Crippen LogP contribution in [-0.4, -0.2) is 108 Å². The Balaban J connectivity index is 1.33. The van der Waals surface area contributed by atoms with Gasteiger partial charge in [0.1, 0.15) is 18.4 Å². The number of aryl methyl sites for hydroxylation is 1. The van der Waals surface area contributed by atoms with E-state index in [4.69, 9.17) is 28.4 Å². The summed E-state index contributed by atoms with van der Waals surface area (Å²) in [5.74, 6) is 0.589. The van der Waals surface area contributed by atoms with E-state index >= 15 is 4.79 Å². The smallest absolute Gasteiger partial charge is 0.332 e. The van der Waals surface area contributed by atoms with Gasteiger partial charge in [-0.1, -0.05) is 6.07 Å². The second-order valence-corrected chi connectivity index (χ2v) is 16.5. The average Bonchev–Trinajstić information content (AvgIpc) is 3.68. The van der Waals surface area contributed by atoms with Crippen molar-refractivity contribution in [3.8, 4) is 46.3 Å². The number of phenols is 2. The fourth-order valence-electron chi connectivity index (χ4n) is 10.4. The number of piperazine rings is 1. The Kier molecular flexibility index (Phi) is 9.17. The number of carbonyl (C=O) groups excluding carboxylic acids is 2. The zero-order valence-corrected chi connectivity index (χ0v) is 33.0. The molecule has 1 spiro atoms. The van der Waals surface area contributed by atoms with E-state index < -0.39 is 46.9 Å². The van der Waals surface area contributed by atoms with Crippen LogP contribution in [-0.2, 0) is 32.7 Å². The Morgan fingerprint density at radius 3 is 2.58 bits per heavy atom. The number of carbonyl (C=O) groups is 2. The van der Waals surface area contributed by atoms with Crippen molar-refractivity contribution in [3.05, 3.63) is 62.7 Å². The molecule has 57 heavy (non-hydrogen) atoms. The van der Waals surface area contributed by atoms with Gasteiger partial charge in [-0.3, -0.25) is 14.6 Å². The first-order valence-corrected chi connectivity index (χ1v) is 20.1. The molecule has 0 amide bonds. The van der Waals surface area contributed by atoms with Crippen LogP contribution in [0.25, 0.3) is 0 Å². The van der Waals surface area contributed by atoms with Gasteiger partial charge < -0.3 is 49.1 Å². The fraction of sp³-hybridized carbons (Fsp3) is 0.488. The second-order valence-electron chi connectivity index (χ2n) is 15.4. The van der Waals surface area contributed by atoms with Crippen LogP contribution in [0, 0.1) is 25.2 Å². The molecule has 7 heterocycles. The average molecular weight is 801 g/mol. The van der Waals surface area contributed by atoms with E-state index in [1.165, 1.54) is 32.9 Å². The summed E-state index contributed by atoms with van der Waals surface area (Å²) in [5.41, 5.74) is 3.98. The molecule has 4 N–H and O–H groups in total. The number of rotatable bonds is 5. The first-order chi connectivity index (χ1) is 27.5. The number of nitrogens with one attached hydrogen (secondary N) is 1. The molecule has 0 radical (unpaired) electrons. The minimum atomic E-state index is -1.47. The molecule has 0 aromatic heterocycles. The molecule has 16 heteroatoms. The van der Waals surface area contributed by atoms with Crippen molar-refractivity contribution in [2.45, 2.75) is 74.6 Å². The SMILES string of the molecule is COc1cc2c(cc1O)CCN(CCO)[C@]21CS[C@@H]2c3c(OC(C)=O)c(C)c4c(c3[C@H](COC1=O)N1[C@@H]2[C@@H]2N[C@@H](Cc3cc(C)c(OC)c(O)c32)[C@@H]1C#N)OCO4. The molecule has 4 bridgehead atoms. The zero-order chi connectivity index (χ0) is 40.1. The summed E-state index contributed by atoms with van der Waals surface area (Å²) in [5, 5.41) is 47.4. The first kappa shape index (κ1) is 37.6. The van der Waals surface area contributed by atoms with Crippen molar-refractivity contribution >= 4 is 23.7 Å². The second kappa shape index (κ2) is 13.9. The number of ether oxygens (including phenoxy) is 6. The normalized spacial score (nSPS) is 28.3. The first-order valence-electron chi connectivity index (χ1n) is 19.0. The van der Waals surface area contributed by atoms with Crippen LogP contribution >= 0.6 is 11.8 Å². The minimum Gasteiger partial charge on any atom is -0.504 e. The molecule has 7 aliphatic rings. The predicted octanol–water partition coefficient (Wildman–Crippen LogP) is 3.35.